The van der Waals surface area contributed by atoms with E-state index in [1.807, 2.05) is 53.0 Å². The first-order valence-electron chi connectivity index (χ1n) is 8.05. The lowest BCUT2D eigenvalue weighted by Gasteiger charge is -2.27. The Morgan fingerprint density at radius 2 is 1.92 bits per heavy atom. The summed E-state index contributed by atoms with van der Waals surface area (Å²) < 4.78 is 2.01. The van der Waals surface area contributed by atoms with Crippen molar-refractivity contribution in [1.29, 1.82) is 0 Å². The van der Waals surface area contributed by atoms with Gasteiger partial charge in [0, 0.05) is 25.6 Å². The molecular weight excluding hydrogens is 332 g/mol. The van der Waals surface area contributed by atoms with Crippen molar-refractivity contribution in [3.8, 4) is 5.75 Å². The Hall–Kier alpha value is -2.86. The molecule has 25 heavy (non-hydrogen) atoms. The molecule has 0 amide bonds. The maximum absolute atomic E-state index is 10.4. The smallest absolute Gasteiger partial charge is 0.174 e. The van der Waals surface area contributed by atoms with Crippen molar-refractivity contribution in [2.45, 2.75) is 12.1 Å². The summed E-state index contributed by atoms with van der Waals surface area (Å²) >= 11 is 5.61. The number of hydrogen-bond donors (Lipinski definition) is 2. The van der Waals surface area contributed by atoms with Gasteiger partial charge in [-0.3, -0.25) is 4.98 Å². The van der Waals surface area contributed by atoms with Crippen LogP contribution < -0.4 is 10.2 Å². The van der Waals surface area contributed by atoms with Crippen molar-refractivity contribution >= 4 is 23.0 Å². The Morgan fingerprint density at radius 3 is 2.60 bits per heavy atom. The molecule has 3 aromatic rings. The first-order chi connectivity index (χ1) is 12.1. The molecule has 2 atom stereocenters. The van der Waals surface area contributed by atoms with Gasteiger partial charge in [-0.2, -0.15) is 0 Å². The number of nitrogens with one attached hydrogen (secondary N) is 1. The number of aromatic hydroxyl groups is 1. The zero-order valence-corrected chi connectivity index (χ0v) is 14.5. The van der Waals surface area contributed by atoms with Gasteiger partial charge >= 0.3 is 0 Å². The van der Waals surface area contributed by atoms with E-state index in [4.69, 9.17) is 12.2 Å². The van der Waals surface area contributed by atoms with Crippen LogP contribution in [0.4, 0.5) is 5.69 Å². The largest absolute Gasteiger partial charge is 0.506 e. The van der Waals surface area contributed by atoms with E-state index in [-0.39, 0.29) is 17.8 Å². The summed E-state index contributed by atoms with van der Waals surface area (Å²) in [5.74, 6) is 0.203. The third kappa shape index (κ3) is 2.74. The van der Waals surface area contributed by atoms with E-state index in [2.05, 4.69) is 22.6 Å². The van der Waals surface area contributed by atoms with Crippen molar-refractivity contribution < 1.29 is 5.11 Å². The Labute approximate surface area is 151 Å². The molecule has 0 saturated carbocycles. The van der Waals surface area contributed by atoms with Crippen LogP contribution in [0.2, 0.25) is 0 Å². The predicted molar refractivity (Wildman–Crippen MR) is 101 cm³/mol. The van der Waals surface area contributed by atoms with E-state index in [0.29, 0.717) is 10.8 Å². The molecule has 2 unspecified atom stereocenters. The number of aromatic nitrogens is 2. The zero-order valence-electron chi connectivity index (χ0n) is 13.7. The predicted octanol–water partition coefficient (Wildman–Crippen LogP) is 3.30. The molecule has 2 N–H and O–H groups in total. The number of pyridine rings is 1. The van der Waals surface area contributed by atoms with Crippen molar-refractivity contribution in [1.82, 2.24) is 14.9 Å². The van der Waals surface area contributed by atoms with E-state index in [1.165, 1.54) is 0 Å². The average molecular weight is 350 g/mol. The first kappa shape index (κ1) is 15.7. The summed E-state index contributed by atoms with van der Waals surface area (Å²) in [6.45, 7) is 0. The molecule has 6 heteroatoms. The molecule has 5 nitrogen and oxygen atoms in total. The lowest BCUT2D eigenvalue weighted by Crippen LogP contribution is -2.29. The van der Waals surface area contributed by atoms with E-state index in [0.717, 1.165) is 11.3 Å². The number of benzene rings is 1. The SMILES string of the molecule is Cn1ccc(C2C(c3ccccn3)NC(=S)N2c2ccccc2O)c1. The summed E-state index contributed by atoms with van der Waals surface area (Å²) in [4.78, 5) is 6.48. The molecule has 1 aliphatic rings. The van der Waals surface area contributed by atoms with E-state index >= 15 is 0 Å². The molecule has 3 heterocycles. The summed E-state index contributed by atoms with van der Waals surface area (Å²) in [5.41, 5.74) is 2.71. The van der Waals surface area contributed by atoms with Gasteiger partial charge < -0.3 is 19.9 Å². The zero-order chi connectivity index (χ0) is 17.4. The lowest BCUT2D eigenvalue weighted by atomic mass is 9.98. The molecule has 4 rings (SSSR count). The Morgan fingerprint density at radius 1 is 1.12 bits per heavy atom. The van der Waals surface area contributed by atoms with Crippen LogP contribution in [-0.4, -0.2) is 19.8 Å². The minimum Gasteiger partial charge on any atom is -0.506 e. The molecule has 0 spiro atoms. The summed E-state index contributed by atoms with van der Waals surface area (Å²) in [5, 5.41) is 14.3. The number of rotatable bonds is 3. The van der Waals surface area contributed by atoms with Gasteiger partial charge in [0.15, 0.2) is 5.11 Å². The van der Waals surface area contributed by atoms with Gasteiger partial charge in [0.2, 0.25) is 0 Å². The molecular formula is C19H18N4OS. The van der Waals surface area contributed by atoms with Gasteiger partial charge in [0.05, 0.1) is 23.5 Å². The number of aryl methyl sites for hydroxylation is 1. The van der Waals surface area contributed by atoms with Crippen molar-refractivity contribution in [3.05, 3.63) is 78.4 Å². The van der Waals surface area contributed by atoms with Crippen LogP contribution in [0.3, 0.4) is 0 Å². The maximum atomic E-state index is 10.4. The molecule has 1 fully saturated rings. The van der Waals surface area contributed by atoms with Crippen LogP contribution in [-0.2, 0) is 7.05 Å². The van der Waals surface area contributed by atoms with Crippen LogP contribution >= 0.6 is 12.2 Å². The van der Waals surface area contributed by atoms with Crippen LogP contribution in [0.25, 0.3) is 0 Å². The number of para-hydroxylation sites is 2. The van der Waals surface area contributed by atoms with Crippen LogP contribution in [0.1, 0.15) is 23.3 Å². The number of phenols is 1. The summed E-state index contributed by atoms with van der Waals surface area (Å²) in [6, 6.07) is 15.0. The van der Waals surface area contributed by atoms with E-state index < -0.39 is 0 Å². The summed E-state index contributed by atoms with van der Waals surface area (Å²) in [6.07, 6.45) is 5.86. The van der Waals surface area contributed by atoms with Gasteiger partial charge in [-0.25, -0.2) is 0 Å². The number of phenolic OH excluding ortho intramolecular Hbond substituents is 1. The second-order valence-corrected chi connectivity index (χ2v) is 6.48. The lowest BCUT2D eigenvalue weighted by molar-refractivity contribution is 0.473. The van der Waals surface area contributed by atoms with Gasteiger partial charge in [0.1, 0.15) is 5.75 Å². The highest BCUT2D eigenvalue weighted by Gasteiger charge is 2.41. The highest BCUT2D eigenvalue weighted by atomic mass is 32.1. The molecule has 2 aromatic heterocycles. The number of thiocarbonyl (C=S) groups is 1. The molecule has 1 aromatic carbocycles. The highest BCUT2D eigenvalue weighted by Crippen LogP contribution is 2.43. The number of nitrogens with zero attached hydrogens (tertiary/aromatic N) is 3. The van der Waals surface area contributed by atoms with Crippen molar-refractivity contribution in [2.75, 3.05) is 4.90 Å². The van der Waals surface area contributed by atoms with E-state index in [9.17, 15) is 5.11 Å². The standard InChI is InChI=1S/C19H18N4OS/c1-22-11-9-13(12-22)18-17(14-6-4-5-10-20-14)21-19(25)23(18)15-7-2-3-8-16(15)24/h2-12,17-18,24H,1H3,(H,21,25). The fourth-order valence-electron chi connectivity index (χ4n) is 3.32. The second kappa shape index (κ2) is 6.22. The fourth-order valence-corrected chi connectivity index (χ4v) is 3.66. The summed E-state index contributed by atoms with van der Waals surface area (Å²) in [7, 11) is 1.99. The molecule has 0 radical (unpaired) electrons. The van der Waals surface area contributed by atoms with Crippen LogP contribution in [0, 0.1) is 0 Å². The number of hydrogen-bond acceptors (Lipinski definition) is 3. The minimum absolute atomic E-state index is 0.100. The third-order valence-electron chi connectivity index (χ3n) is 4.44. The molecule has 0 aliphatic carbocycles. The minimum atomic E-state index is -0.101. The quantitative estimate of drug-likeness (QED) is 0.710. The monoisotopic (exact) mass is 350 g/mol. The van der Waals surface area contributed by atoms with Crippen LogP contribution in [0.15, 0.2) is 67.1 Å². The highest BCUT2D eigenvalue weighted by molar-refractivity contribution is 7.80. The molecule has 126 valence electrons. The first-order valence-corrected chi connectivity index (χ1v) is 8.46. The van der Waals surface area contributed by atoms with Crippen molar-refractivity contribution in [2.24, 2.45) is 7.05 Å². The topological polar surface area (TPSA) is 53.3 Å². The van der Waals surface area contributed by atoms with E-state index in [1.54, 1.807) is 18.3 Å². The van der Waals surface area contributed by atoms with Crippen molar-refractivity contribution in [3.63, 3.8) is 0 Å². The molecule has 1 saturated heterocycles. The maximum Gasteiger partial charge on any atom is 0.174 e. The van der Waals surface area contributed by atoms with Gasteiger partial charge in [0.25, 0.3) is 0 Å². The van der Waals surface area contributed by atoms with Crippen LogP contribution in [0.5, 0.6) is 5.75 Å². The normalized spacial score (nSPS) is 19.9. The second-order valence-electron chi connectivity index (χ2n) is 6.10. The average Bonchev–Trinajstić information content (AvgIpc) is 3.19. The Balaban J connectivity index is 1.85. The van der Waals surface area contributed by atoms with Gasteiger partial charge in [-0.05, 0) is 48.1 Å². The molecule has 1 aliphatic heterocycles. The Kier molecular flexibility index (Phi) is 3.89. The number of anilines is 1. The third-order valence-corrected chi connectivity index (χ3v) is 4.75. The Bertz CT molecular complexity index is 909. The van der Waals surface area contributed by atoms with Gasteiger partial charge in [-0.1, -0.05) is 18.2 Å². The molecule has 0 bridgehead atoms. The van der Waals surface area contributed by atoms with Gasteiger partial charge in [-0.15, -0.1) is 0 Å². The fraction of sp³-hybridized carbons (Fsp3) is 0.158.